The van der Waals surface area contributed by atoms with Gasteiger partial charge in [0.2, 0.25) is 5.82 Å². The topological polar surface area (TPSA) is 190 Å². The number of amides is 2. The molecule has 6 N–H and O–H groups in total. The Morgan fingerprint density at radius 3 is 2.68 bits per heavy atom. The SMILES string of the molecule is Nc1nc(C#CCC2CCN(C(=O)OCC3CCNC3)CC2)nc2c1ncn2[C@@H]1O[C@H](C(=O)NC2CC2)[C@@H](O)[C@H]1O. The Kier molecular flexibility index (Phi) is 7.94. The Morgan fingerprint density at radius 1 is 1.15 bits per heavy atom. The summed E-state index contributed by atoms with van der Waals surface area (Å²) in [6.07, 6.45) is 1.14. The number of nitrogens with two attached hydrogens (primary N) is 1. The van der Waals surface area contributed by atoms with Crippen molar-refractivity contribution in [3.8, 4) is 11.8 Å². The number of carbonyl (C=O) groups is 2. The molecule has 1 saturated carbocycles. The molecule has 1 aliphatic carbocycles. The number of rotatable bonds is 6. The number of ether oxygens (including phenoxy) is 2. The first kappa shape index (κ1) is 27.6. The van der Waals surface area contributed by atoms with Crippen LogP contribution in [0.15, 0.2) is 6.33 Å². The van der Waals surface area contributed by atoms with Crippen LogP contribution < -0.4 is 16.4 Å². The lowest BCUT2D eigenvalue weighted by Gasteiger charge is -2.30. The third kappa shape index (κ3) is 6.08. The second kappa shape index (κ2) is 11.8. The van der Waals surface area contributed by atoms with Gasteiger partial charge < -0.3 is 41.0 Å². The van der Waals surface area contributed by atoms with Gasteiger partial charge in [-0.3, -0.25) is 9.36 Å². The van der Waals surface area contributed by atoms with Gasteiger partial charge in [-0.1, -0.05) is 5.92 Å². The largest absolute Gasteiger partial charge is 0.449 e. The molecular formula is C27H36N8O6. The van der Waals surface area contributed by atoms with Gasteiger partial charge in [0.1, 0.15) is 17.7 Å². The number of anilines is 1. The minimum Gasteiger partial charge on any atom is -0.449 e. The van der Waals surface area contributed by atoms with E-state index in [1.54, 1.807) is 4.90 Å². The normalized spacial score (nSPS) is 28.4. The lowest BCUT2D eigenvalue weighted by molar-refractivity contribution is -0.137. The van der Waals surface area contributed by atoms with Gasteiger partial charge >= 0.3 is 6.09 Å². The third-order valence-corrected chi connectivity index (χ3v) is 8.21. The van der Waals surface area contributed by atoms with Gasteiger partial charge in [-0.05, 0) is 50.5 Å². The first-order valence-electron chi connectivity index (χ1n) is 14.3. The van der Waals surface area contributed by atoms with Crippen LogP contribution in [0, 0.1) is 23.7 Å². The van der Waals surface area contributed by atoms with Gasteiger partial charge in [-0.2, -0.15) is 0 Å². The fraction of sp³-hybridized carbons (Fsp3) is 0.667. The maximum atomic E-state index is 12.5. The van der Waals surface area contributed by atoms with Gasteiger partial charge in [-0.25, -0.2) is 19.7 Å². The van der Waals surface area contributed by atoms with E-state index in [-0.39, 0.29) is 29.4 Å². The summed E-state index contributed by atoms with van der Waals surface area (Å²) in [4.78, 5) is 39.6. The maximum Gasteiger partial charge on any atom is 0.409 e. The van der Waals surface area contributed by atoms with Crippen LogP contribution >= 0.6 is 0 Å². The van der Waals surface area contributed by atoms with E-state index in [9.17, 15) is 19.8 Å². The maximum absolute atomic E-state index is 12.5. The smallest absolute Gasteiger partial charge is 0.409 e. The highest BCUT2D eigenvalue weighted by Gasteiger charge is 2.48. The number of hydrogen-bond acceptors (Lipinski definition) is 11. The molecule has 2 aromatic heterocycles. The van der Waals surface area contributed by atoms with Crippen LogP contribution in [-0.2, 0) is 14.3 Å². The van der Waals surface area contributed by atoms with Gasteiger partial charge in [-0.15, -0.1) is 0 Å². The van der Waals surface area contributed by atoms with Crippen molar-refractivity contribution in [2.45, 2.75) is 69.1 Å². The molecule has 14 heteroatoms. The van der Waals surface area contributed by atoms with E-state index in [0.29, 0.717) is 43.5 Å². The van der Waals surface area contributed by atoms with Crippen molar-refractivity contribution in [3.05, 3.63) is 12.2 Å². The lowest BCUT2D eigenvalue weighted by atomic mass is 9.94. The summed E-state index contributed by atoms with van der Waals surface area (Å²) >= 11 is 0. The zero-order valence-corrected chi connectivity index (χ0v) is 22.7. The fourth-order valence-electron chi connectivity index (χ4n) is 5.53. The number of aliphatic hydroxyl groups excluding tert-OH is 2. The predicted molar refractivity (Wildman–Crippen MR) is 145 cm³/mol. The molecule has 3 aliphatic heterocycles. The molecule has 0 bridgehead atoms. The molecule has 2 amide bonds. The zero-order chi connectivity index (χ0) is 28.5. The monoisotopic (exact) mass is 568 g/mol. The average Bonchev–Trinajstić information content (AvgIpc) is 3.32. The van der Waals surface area contributed by atoms with Crippen molar-refractivity contribution in [1.82, 2.24) is 35.1 Å². The van der Waals surface area contributed by atoms with Crippen LogP contribution in [0.1, 0.15) is 50.6 Å². The molecule has 220 valence electrons. The standard InChI is InChI=1S/C27H36N8O6/c28-23-19-24(35(14-30-19)26-21(37)20(36)22(41-26)25(38)31-17-4-5-17)33-18(32-23)3-1-2-15-7-10-34(11-8-15)27(39)40-13-16-6-9-29-12-16/h14-17,20-22,26,29,36-37H,2,4-13H2,(H,31,38)(H2,28,32,33)/t16?,20-,21+,22-,26+/m0/s1. The quantitative estimate of drug-likeness (QED) is 0.283. The van der Waals surface area contributed by atoms with Crippen LogP contribution in [-0.4, -0.2) is 104 Å². The van der Waals surface area contributed by atoms with Gasteiger partial charge in [0.25, 0.3) is 5.91 Å². The Hall–Kier alpha value is -3.51. The highest BCUT2D eigenvalue weighted by molar-refractivity contribution is 5.83. The van der Waals surface area contributed by atoms with E-state index < -0.39 is 30.4 Å². The first-order valence-corrected chi connectivity index (χ1v) is 14.3. The number of fused-ring (bicyclic) bond motifs is 1. The number of hydrogen-bond donors (Lipinski definition) is 5. The molecule has 5 heterocycles. The molecule has 4 fully saturated rings. The minimum absolute atomic E-state index is 0.0884. The highest BCUT2D eigenvalue weighted by Crippen LogP contribution is 2.33. The van der Waals surface area contributed by atoms with E-state index in [1.165, 1.54) is 10.9 Å². The number of piperidine rings is 1. The molecule has 5 atom stereocenters. The number of aliphatic hydroxyl groups is 2. The van der Waals surface area contributed by atoms with E-state index >= 15 is 0 Å². The molecule has 0 aromatic carbocycles. The molecule has 0 radical (unpaired) electrons. The summed E-state index contributed by atoms with van der Waals surface area (Å²) in [7, 11) is 0. The number of carbonyl (C=O) groups excluding carboxylic acids is 2. The van der Waals surface area contributed by atoms with Crippen molar-refractivity contribution in [2.24, 2.45) is 11.8 Å². The fourth-order valence-corrected chi connectivity index (χ4v) is 5.53. The van der Waals surface area contributed by atoms with E-state index in [2.05, 4.69) is 37.4 Å². The summed E-state index contributed by atoms with van der Waals surface area (Å²) in [6.45, 7) is 3.62. The van der Waals surface area contributed by atoms with Gasteiger partial charge in [0, 0.05) is 38.0 Å². The van der Waals surface area contributed by atoms with Crippen LogP contribution in [0.3, 0.4) is 0 Å². The molecule has 14 nitrogen and oxygen atoms in total. The Morgan fingerprint density at radius 2 is 1.95 bits per heavy atom. The van der Waals surface area contributed by atoms with Crippen LogP contribution in [0.2, 0.25) is 0 Å². The number of nitrogens with one attached hydrogen (secondary N) is 2. The Bertz CT molecular complexity index is 1340. The van der Waals surface area contributed by atoms with Gasteiger partial charge in [0.15, 0.2) is 23.8 Å². The van der Waals surface area contributed by atoms with Crippen LogP contribution in [0.4, 0.5) is 10.6 Å². The summed E-state index contributed by atoms with van der Waals surface area (Å²) in [6, 6.07) is 0.0884. The van der Waals surface area contributed by atoms with E-state index in [0.717, 1.165) is 45.2 Å². The van der Waals surface area contributed by atoms with Crippen molar-refractivity contribution in [1.29, 1.82) is 0 Å². The number of aromatic nitrogens is 4. The molecule has 4 aliphatic rings. The second-order valence-corrected chi connectivity index (χ2v) is 11.3. The summed E-state index contributed by atoms with van der Waals surface area (Å²) in [5, 5.41) is 27.2. The highest BCUT2D eigenvalue weighted by atomic mass is 16.6. The number of imidazole rings is 1. The zero-order valence-electron chi connectivity index (χ0n) is 22.7. The van der Waals surface area contributed by atoms with Crippen LogP contribution in [0.5, 0.6) is 0 Å². The molecule has 6 rings (SSSR count). The molecule has 2 aromatic rings. The van der Waals surface area contributed by atoms with Crippen molar-refractivity contribution < 1.29 is 29.3 Å². The predicted octanol–water partition coefficient (Wildman–Crippen LogP) is -0.494. The molecule has 41 heavy (non-hydrogen) atoms. The minimum atomic E-state index is -1.41. The van der Waals surface area contributed by atoms with Crippen molar-refractivity contribution >= 4 is 29.0 Å². The molecule has 1 unspecified atom stereocenters. The van der Waals surface area contributed by atoms with E-state index in [1.807, 2.05) is 0 Å². The lowest BCUT2D eigenvalue weighted by Crippen LogP contribution is -2.43. The second-order valence-electron chi connectivity index (χ2n) is 11.3. The third-order valence-electron chi connectivity index (χ3n) is 8.21. The average molecular weight is 569 g/mol. The molecular weight excluding hydrogens is 532 g/mol. The Balaban J connectivity index is 1.06. The number of likely N-dealkylation sites (tertiary alicyclic amines) is 1. The van der Waals surface area contributed by atoms with Gasteiger partial charge in [0.05, 0.1) is 12.9 Å². The number of nitrogen functional groups attached to an aromatic ring is 1. The summed E-state index contributed by atoms with van der Waals surface area (Å²) in [5.74, 6) is 6.69. The van der Waals surface area contributed by atoms with Crippen LogP contribution in [0.25, 0.3) is 11.2 Å². The first-order chi connectivity index (χ1) is 19.9. The van der Waals surface area contributed by atoms with Crippen molar-refractivity contribution in [3.63, 3.8) is 0 Å². The molecule has 3 saturated heterocycles. The van der Waals surface area contributed by atoms with E-state index in [4.69, 9.17) is 15.2 Å². The van der Waals surface area contributed by atoms with Crippen molar-refractivity contribution in [2.75, 3.05) is 38.5 Å². The Labute approximate surface area is 237 Å². The molecule has 0 spiro atoms. The number of nitrogens with zero attached hydrogens (tertiary/aromatic N) is 5. The summed E-state index contributed by atoms with van der Waals surface area (Å²) in [5.41, 5.74) is 6.71. The summed E-state index contributed by atoms with van der Waals surface area (Å²) < 4.78 is 12.7.